The zero-order chi connectivity index (χ0) is 33.3. The number of sulfonamides is 1. The maximum absolute atomic E-state index is 14.5. The third-order valence-corrected chi connectivity index (χ3v) is 9.08. The molecule has 1 unspecified atom stereocenters. The minimum atomic E-state index is -4.35. The second-order valence-corrected chi connectivity index (χ2v) is 13.1. The molecular formula is C36H40FN3O5S. The molecule has 0 aliphatic heterocycles. The Morgan fingerprint density at radius 2 is 1.48 bits per heavy atom. The summed E-state index contributed by atoms with van der Waals surface area (Å²) in [6, 6.07) is 26.6. The van der Waals surface area contributed by atoms with Gasteiger partial charge in [0.05, 0.1) is 17.2 Å². The molecule has 8 nitrogen and oxygen atoms in total. The van der Waals surface area contributed by atoms with Crippen LogP contribution in [0.1, 0.15) is 37.5 Å². The van der Waals surface area contributed by atoms with Gasteiger partial charge in [-0.05, 0) is 87.4 Å². The molecule has 0 radical (unpaired) electrons. The van der Waals surface area contributed by atoms with Crippen molar-refractivity contribution in [3.8, 4) is 5.75 Å². The first-order valence-corrected chi connectivity index (χ1v) is 16.6. The van der Waals surface area contributed by atoms with Crippen LogP contribution in [0.4, 0.5) is 10.1 Å². The summed E-state index contributed by atoms with van der Waals surface area (Å²) < 4.78 is 48.4. The fraction of sp³-hybridized carbons (Fsp3) is 0.278. The SMILES string of the molecule is CCOc1ccc(N(CC(=O)N(Cc2ccc(C)cc2)C(Cc2ccccc2)C(=O)NC(C)C)S(=O)(=O)c2ccc(F)cc2)cc1. The van der Waals surface area contributed by atoms with Gasteiger partial charge >= 0.3 is 0 Å². The van der Waals surface area contributed by atoms with E-state index in [1.165, 1.54) is 4.90 Å². The average molecular weight is 646 g/mol. The van der Waals surface area contributed by atoms with E-state index in [0.717, 1.165) is 45.3 Å². The van der Waals surface area contributed by atoms with Crippen molar-refractivity contribution >= 4 is 27.5 Å². The van der Waals surface area contributed by atoms with E-state index in [9.17, 15) is 22.4 Å². The van der Waals surface area contributed by atoms with Crippen LogP contribution in [0.15, 0.2) is 108 Å². The van der Waals surface area contributed by atoms with Gasteiger partial charge in [0.25, 0.3) is 10.0 Å². The molecule has 4 rings (SSSR count). The Morgan fingerprint density at radius 1 is 0.848 bits per heavy atom. The van der Waals surface area contributed by atoms with Crippen molar-refractivity contribution in [3.63, 3.8) is 0 Å². The Balaban J connectivity index is 1.80. The molecular weight excluding hydrogens is 605 g/mol. The van der Waals surface area contributed by atoms with E-state index in [0.29, 0.717) is 12.4 Å². The number of benzene rings is 4. The van der Waals surface area contributed by atoms with Gasteiger partial charge in [-0.3, -0.25) is 13.9 Å². The number of aryl methyl sites for hydroxylation is 1. The molecule has 0 bridgehead atoms. The highest BCUT2D eigenvalue weighted by molar-refractivity contribution is 7.92. The first kappa shape index (κ1) is 34.2. The molecule has 0 saturated heterocycles. The number of hydrogen-bond acceptors (Lipinski definition) is 5. The molecule has 0 saturated carbocycles. The number of nitrogens with zero attached hydrogens (tertiary/aromatic N) is 2. The third kappa shape index (κ3) is 8.94. The van der Waals surface area contributed by atoms with Gasteiger partial charge in [0.1, 0.15) is 24.2 Å². The number of carbonyl (C=O) groups excluding carboxylic acids is 2. The Hall–Kier alpha value is -4.70. The van der Waals surface area contributed by atoms with Crippen LogP contribution >= 0.6 is 0 Å². The van der Waals surface area contributed by atoms with Gasteiger partial charge in [0.2, 0.25) is 11.8 Å². The summed E-state index contributed by atoms with van der Waals surface area (Å²) in [6.45, 7) is 7.34. The van der Waals surface area contributed by atoms with E-state index in [-0.39, 0.29) is 35.5 Å². The molecule has 4 aromatic carbocycles. The van der Waals surface area contributed by atoms with Crippen LogP contribution < -0.4 is 14.4 Å². The van der Waals surface area contributed by atoms with Crippen LogP contribution in [0.2, 0.25) is 0 Å². The van der Waals surface area contributed by atoms with E-state index in [1.807, 2.05) is 82.3 Å². The number of nitrogens with one attached hydrogen (secondary N) is 1. The molecule has 0 heterocycles. The fourth-order valence-electron chi connectivity index (χ4n) is 4.96. The molecule has 10 heteroatoms. The Bertz CT molecular complexity index is 1700. The van der Waals surface area contributed by atoms with Gasteiger partial charge in [-0.2, -0.15) is 0 Å². The normalized spacial score (nSPS) is 12.0. The van der Waals surface area contributed by atoms with Gasteiger partial charge in [0, 0.05) is 19.0 Å². The largest absolute Gasteiger partial charge is 0.494 e. The Labute approximate surface area is 270 Å². The van der Waals surface area contributed by atoms with Crippen molar-refractivity contribution in [2.45, 2.75) is 57.6 Å². The van der Waals surface area contributed by atoms with Crippen LogP contribution in [-0.2, 0) is 32.6 Å². The van der Waals surface area contributed by atoms with Crippen LogP contribution in [0.25, 0.3) is 0 Å². The van der Waals surface area contributed by atoms with E-state index in [4.69, 9.17) is 4.74 Å². The molecule has 0 aliphatic carbocycles. The minimum absolute atomic E-state index is 0.0653. The summed E-state index contributed by atoms with van der Waals surface area (Å²) >= 11 is 0. The Morgan fingerprint density at radius 3 is 2.07 bits per heavy atom. The Kier molecular flexibility index (Phi) is 11.5. The number of hydrogen-bond donors (Lipinski definition) is 1. The standard InChI is InChI=1S/C36H40FN3O5S/c1-5-45-32-19-17-31(18-20-32)40(46(43,44)33-21-15-30(37)16-22-33)25-35(41)39(24-29-13-11-27(4)12-14-29)34(36(42)38-26(2)3)23-28-9-7-6-8-10-28/h6-22,26,34H,5,23-25H2,1-4H3,(H,38,42). The molecule has 0 spiro atoms. The maximum atomic E-state index is 14.5. The number of halogens is 1. The van der Waals surface area contributed by atoms with Gasteiger partial charge in [-0.1, -0.05) is 60.2 Å². The summed E-state index contributed by atoms with van der Waals surface area (Å²) in [6.07, 6.45) is 0.213. The van der Waals surface area contributed by atoms with Gasteiger partial charge in [0.15, 0.2) is 0 Å². The number of carbonyl (C=O) groups is 2. The molecule has 242 valence electrons. The van der Waals surface area contributed by atoms with Crippen molar-refractivity contribution in [1.29, 1.82) is 0 Å². The number of anilines is 1. The molecule has 1 N–H and O–H groups in total. The smallest absolute Gasteiger partial charge is 0.264 e. The van der Waals surface area contributed by atoms with Crippen LogP contribution in [0.3, 0.4) is 0 Å². The number of amides is 2. The van der Waals surface area contributed by atoms with E-state index in [1.54, 1.807) is 24.3 Å². The zero-order valence-electron chi connectivity index (χ0n) is 26.5. The molecule has 46 heavy (non-hydrogen) atoms. The second-order valence-electron chi connectivity index (χ2n) is 11.3. The van der Waals surface area contributed by atoms with Crippen LogP contribution in [0, 0.1) is 12.7 Å². The quantitative estimate of drug-likeness (QED) is 0.185. The molecule has 0 fully saturated rings. The molecule has 2 amide bonds. The predicted molar refractivity (Wildman–Crippen MR) is 177 cm³/mol. The lowest BCUT2D eigenvalue weighted by Crippen LogP contribution is -2.54. The summed E-state index contributed by atoms with van der Waals surface area (Å²) in [5.41, 5.74) is 2.87. The minimum Gasteiger partial charge on any atom is -0.494 e. The fourth-order valence-corrected chi connectivity index (χ4v) is 6.38. The lowest BCUT2D eigenvalue weighted by atomic mass is 10.0. The van der Waals surface area contributed by atoms with Crippen LogP contribution in [0.5, 0.6) is 5.75 Å². The highest BCUT2D eigenvalue weighted by Crippen LogP contribution is 2.27. The van der Waals surface area contributed by atoms with Crippen molar-refractivity contribution < 1.29 is 27.1 Å². The monoisotopic (exact) mass is 645 g/mol. The zero-order valence-corrected chi connectivity index (χ0v) is 27.3. The van der Waals surface area contributed by atoms with Gasteiger partial charge in [-0.25, -0.2) is 12.8 Å². The van der Waals surface area contributed by atoms with Crippen molar-refractivity contribution in [2.24, 2.45) is 0 Å². The summed E-state index contributed by atoms with van der Waals surface area (Å²) in [5.74, 6) is -0.994. The first-order valence-electron chi connectivity index (χ1n) is 15.2. The highest BCUT2D eigenvalue weighted by atomic mass is 32.2. The first-order chi connectivity index (χ1) is 22.0. The van der Waals surface area contributed by atoms with Crippen LogP contribution in [-0.4, -0.2) is 50.4 Å². The van der Waals surface area contributed by atoms with Crippen molar-refractivity contribution in [3.05, 3.63) is 126 Å². The van der Waals surface area contributed by atoms with E-state index < -0.39 is 34.3 Å². The van der Waals surface area contributed by atoms with Gasteiger partial charge < -0.3 is 15.0 Å². The maximum Gasteiger partial charge on any atom is 0.264 e. The third-order valence-electron chi connectivity index (χ3n) is 7.29. The summed E-state index contributed by atoms with van der Waals surface area (Å²) in [7, 11) is -4.35. The number of rotatable bonds is 14. The van der Waals surface area contributed by atoms with Gasteiger partial charge in [-0.15, -0.1) is 0 Å². The summed E-state index contributed by atoms with van der Waals surface area (Å²) in [5, 5.41) is 2.94. The molecule has 1 atom stereocenters. The predicted octanol–water partition coefficient (Wildman–Crippen LogP) is 5.89. The average Bonchev–Trinajstić information content (AvgIpc) is 3.03. The topological polar surface area (TPSA) is 96.0 Å². The lowest BCUT2D eigenvalue weighted by Gasteiger charge is -2.34. The second kappa shape index (κ2) is 15.5. The highest BCUT2D eigenvalue weighted by Gasteiger charge is 2.35. The molecule has 4 aromatic rings. The van der Waals surface area contributed by atoms with E-state index in [2.05, 4.69) is 5.32 Å². The summed E-state index contributed by atoms with van der Waals surface area (Å²) in [4.78, 5) is 29.5. The van der Waals surface area contributed by atoms with Crippen molar-refractivity contribution in [2.75, 3.05) is 17.5 Å². The molecule has 0 aliphatic rings. The number of ether oxygens (including phenoxy) is 1. The van der Waals surface area contributed by atoms with E-state index >= 15 is 0 Å². The van der Waals surface area contributed by atoms with Crippen molar-refractivity contribution in [1.82, 2.24) is 10.2 Å². The molecule has 0 aromatic heterocycles. The lowest BCUT2D eigenvalue weighted by molar-refractivity contribution is -0.140.